The number of ether oxygens (including phenoxy) is 1. The summed E-state index contributed by atoms with van der Waals surface area (Å²) < 4.78 is 7.56. The molecule has 0 saturated carbocycles. The van der Waals surface area contributed by atoms with Crippen LogP contribution in [0, 0.1) is 0 Å². The molecule has 9 aromatic carbocycles. The average molecular weight is 719 g/mol. The van der Waals surface area contributed by atoms with Crippen LogP contribution in [0.15, 0.2) is 231 Å². The molecule has 266 valence electrons. The monoisotopic (exact) mass is 718 g/mol. The third kappa shape index (κ3) is 5.78. The van der Waals surface area contributed by atoms with Crippen LogP contribution in [0.1, 0.15) is 16.7 Å². The molecule has 1 unspecified atom stereocenters. The highest BCUT2D eigenvalue weighted by molar-refractivity contribution is 5.90. The van der Waals surface area contributed by atoms with Gasteiger partial charge in [-0.15, -0.1) is 0 Å². The Labute approximate surface area is 328 Å². The second-order valence-electron chi connectivity index (χ2n) is 14.1. The van der Waals surface area contributed by atoms with E-state index in [2.05, 4.69) is 240 Å². The molecular formula is C53H38N2O. The van der Waals surface area contributed by atoms with Gasteiger partial charge in [0.2, 0.25) is 0 Å². The molecule has 0 amide bonds. The van der Waals surface area contributed by atoms with Gasteiger partial charge in [-0.05, 0) is 89.1 Å². The van der Waals surface area contributed by atoms with Crippen LogP contribution < -0.4 is 14.5 Å². The number of hydrogen-bond acceptors (Lipinski definition) is 3. The smallest absolute Gasteiger partial charge is 0.185 e. The fourth-order valence-corrected chi connectivity index (χ4v) is 8.26. The van der Waals surface area contributed by atoms with Crippen molar-refractivity contribution in [2.75, 3.05) is 9.80 Å². The molecule has 0 aliphatic carbocycles. The van der Waals surface area contributed by atoms with Crippen molar-refractivity contribution in [1.82, 2.24) is 0 Å². The Kier molecular flexibility index (Phi) is 8.38. The van der Waals surface area contributed by atoms with Gasteiger partial charge >= 0.3 is 0 Å². The Bertz CT molecular complexity index is 2730. The second-order valence-corrected chi connectivity index (χ2v) is 14.1. The lowest BCUT2D eigenvalue weighted by Gasteiger charge is -2.42. The van der Waals surface area contributed by atoms with Crippen LogP contribution in [-0.2, 0) is 5.60 Å². The molecule has 0 saturated heterocycles. The molecule has 0 bridgehead atoms. The standard InChI is InChI=1S/C53H38N2O/c1-5-19-41(20-6-1)53(42-30-33-46(34-31-42)55(45-25-11-4-12-26-45)47-32-29-39-17-13-14-18-40(39)37-47)51-28-16-15-27-49(51)50-36-35-48(38-52(50)56-53)54(43-21-7-2-8-22-43)44-23-9-3-10-24-44/h1-38H. The molecule has 3 heteroatoms. The molecule has 1 atom stereocenters. The van der Waals surface area contributed by atoms with Crippen molar-refractivity contribution < 1.29 is 4.74 Å². The lowest BCUT2D eigenvalue weighted by molar-refractivity contribution is 0.152. The van der Waals surface area contributed by atoms with Crippen LogP contribution in [0.25, 0.3) is 21.9 Å². The Hall–Kier alpha value is -7.36. The summed E-state index contributed by atoms with van der Waals surface area (Å²) in [5.74, 6) is 0.827. The maximum absolute atomic E-state index is 7.56. The molecule has 3 nitrogen and oxygen atoms in total. The fourth-order valence-electron chi connectivity index (χ4n) is 8.26. The molecule has 0 radical (unpaired) electrons. The van der Waals surface area contributed by atoms with Gasteiger partial charge in [0.1, 0.15) is 5.75 Å². The van der Waals surface area contributed by atoms with E-state index in [1.54, 1.807) is 0 Å². The van der Waals surface area contributed by atoms with Crippen molar-refractivity contribution in [3.05, 3.63) is 247 Å². The number of anilines is 6. The Balaban J connectivity index is 1.14. The molecule has 0 fully saturated rings. The number of benzene rings is 9. The highest BCUT2D eigenvalue weighted by Crippen LogP contribution is 2.53. The minimum Gasteiger partial charge on any atom is -0.472 e. The van der Waals surface area contributed by atoms with Gasteiger partial charge < -0.3 is 14.5 Å². The maximum atomic E-state index is 7.56. The Morgan fingerprint density at radius 2 is 0.750 bits per heavy atom. The molecule has 0 N–H and O–H groups in total. The van der Waals surface area contributed by atoms with Crippen molar-refractivity contribution in [3.8, 4) is 16.9 Å². The predicted octanol–water partition coefficient (Wildman–Crippen LogP) is 14.1. The minimum absolute atomic E-state index is 0.827. The van der Waals surface area contributed by atoms with E-state index < -0.39 is 5.60 Å². The molecule has 0 spiro atoms. The molecule has 1 aliphatic heterocycles. The fraction of sp³-hybridized carbons (Fsp3) is 0.0189. The van der Waals surface area contributed by atoms with Gasteiger partial charge in [-0.1, -0.05) is 152 Å². The summed E-state index contributed by atoms with van der Waals surface area (Å²) in [6.45, 7) is 0. The highest BCUT2D eigenvalue weighted by Gasteiger charge is 2.44. The summed E-state index contributed by atoms with van der Waals surface area (Å²) in [5.41, 5.74) is 10.9. The Morgan fingerprint density at radius 1 is 0.304 bits per heavy atom. The zero-order chi connectivity index (χ0) is 37.3. The van der Waals surface area contributed by atoms with Crippen LogP contribution in [0.4, 0.5) is 34.1 Å². The third-order valence-electron chi connectivity index (χ3n) is 10.8. The second kappa shape index (κ2) is 14.1. The van der Waals surface area contributed by atoms with E-state index in [1.807, 2.05) is 0 Å². The van der Waals surface area contributed by atoms with E-state index in [-0.39, 0.29) is 0 Å². The maximum Gasteiger partial charge on any atom is 0.185 e. The number of rotatable bonds is 8. The van der Waals surface area contributed by atoms with Crippen LogP contribution in [-0.4, -0.2) is 0 Å². The van der Waals surface area contributed by atoms with Gasteiger partial charge in [0, 0.05) is 62.4 Å². The molecule has 0 aromatic heterocycles. The first kappa shape index (κ1) is 33.2. The van der Waals surface area contributed by atoms with Gasteiger partial charge in [0.25, 0.3) is 0 Å². The topological polar surface area (TPSA) is 15.7 Å². The normalized spacial score (nSPS) is 14.3. The van der Waals surface area contributed by atoms with Crippen LogP contribution in [0.5, 0.6) is 5.75 Å². The van der Waals surface area contributed by atoms with Gasteiger partial charge in [-0.2, -0.15) is 0 Å². The zero-order valence-electron chi connectivity index (χ0n) is 30.7. The van der Waals surface area contributed by atoms with Crippen molar-refractivity contribution >= 4 is 44.9 Å². The molecular weight excluding hydrogens is 681 g/mol. The summed E-state index contributed by atoms with van der Waals surface area (Å²) in [7, 11) is 0. The number of para-hydroxylation sites is 3. The minimum atomic E-state index is -0.924. The summed E-state index contributed by atoms with van der Waals surface area (Å²) in [5, 5.41) is 2.42. The summed E-state index contributed by atoms with van der Waals surface area (Å²) in [4.78, 5) is 4.61. The van der Waals surface area contributed by atoms with E-state index in [9.17, 15) is 0 Å². The number of hydrogen-bond donors (Lipinski definition) is 0. The van der Waals surface area contributed by atoms with Gasteiger partial charge in [-0.3, -0.25) is 0 Å². The lowest BCUT2D eigenvalue weighted by Crippen LogP contribution is -2.38. The molecule has 56 heavy (non-hydrogen) atoms. The quantitative estimate of drug-likeness (QED) is 0.156. The van der Waals surface area contributed by atoms with Gasteiger partial charge in [0.05, 0.1) is 0 Å². The van der Waals surface area contributed by atoms with Crippen molar-refractivity contribution in [2.24, 2.45) is 0 Å². The van der Waals surface area contributed by atoms with Crippen LogP contribution in [0.3, 0.4) is 0 Å². The number of nitrogens with zero attached hydrogens (tertiary/aromatic N) is 2. The molecule has 1 aliphatic rings. The lowest BCUT2D eigenvalue weighted by atomic mass is 9.75. The van der Waals surface area contributed by atoms with E-state index in [4.69, 9.17) is 4.74 Å². The number of fused-ring (bicyclic) bond motifs is 4. The van der Waals surface area contributed by atoms with Gasteiger partial charge in [-0.25, -0.2) is 0 Å². The molecule has 1 heterocycles. The largest absolute Gasteiger partial charge is 0.472 e. The van der Waals surface area contributed by atoms with Gasteiger partial charge in [0.15, 0.2) is 5.60 Å². The SMILES string of the molecule is c1ccc(N(c2ccccc2)c2ccc3c(c2)OC(c2ccccc2)(c2ccc(N(c4ccccc4)c4ccc5ccccc5c4)cc2)c2ccccc2-3)cc1. The zero-order valence-corrected chi connectivity index (χ0v) is 30.7. The summed E-state index contributed by atoms with van der Waals surface area (Å²) in [6, 6.07) is 81.7. The first-order valence-corrected chi connectivity index (χ1v) is 19.1. The first-order valence-electron chi connectivity index (χ1n) is 19.1. The molecule has 10 rings (SSSR count). The average Bonchev–Trinajstić information content (AvgIpc) is 3.28. The van der Waals surface area contributed by atoms with Crippen LogP contribution >= 0.6 is 0 Å². The van der Waals surface area contributed by atoms with E-state index in [0.717, 1.165) is 67.7 Å². The van der Waals surface area contributed by atoms with Crippen LogP contribution in [0.2, 0.25) is 0 Å². The van der Waals surface area contributed by atoms with E-state index in [1.165, 1.54) is 10.8 Å². The van der Waals surface area contributed by atoms with E-state index in [0.29, 0.717) is 0 Å². The van der Waals surface area contributed by atoms with Crippen molar-refractivity contribution in [2.45, 2.75) is 5.60 Å². The van der Waals surface area contributed by atoms with E-state index >= 15 is 0 Å². The molecule has 9 aromatic rings. The van der Waals surface area contributed by atoms with Crippen molar-refractivity contribution in [1.29, 1.82) is 0 Å². The Morgan fingerprint density at radius 3 is 1.38 bits per heavy atom. The summed E-state index contributed by atoms with van der Waals surface area (Å²) in [6.07, 6.45) is 0. The third-order valence-corrected chi connectivity index (χ3v) is 10.8. The highest BCUT2D eigenvalue weighted by atomic mass is 16.5. The predicted molar refractivity (Wildman–Crippen MR) is 232 cm³/mol. The van der Waals surface area contributed by atoms with Crippen molar-refractivity contribution in [3.63, 3.8) is 0 Å². The first-order chi connectivity index (χ1) is 27.8. The summed E-state index contributed by atoms with van der Waals surface area (Å²) >= 11 is 0.